The van der Waals surface area contributed by atoms with Crippen molar-refractivity contribution in [3.8, 4) is 0 Å². The van der Waals surface area contributed by atoms with E-state index in [1.807, 2.05) is 11.8 Å². The van der Waals surface area contributed by atoms with Gasteiger partial charge in [0.25, 0.3) is 0 Å². The van der Waals surface area contributed by atoms with E-state index in [0.717, 1.165) is 37.8 Å². The molecular formula is C8H16NOS2. The van der Waals surface area contributed by atoms with E-state index in [1.165, 1.54) is 12.3 Å². The minimum absolute atomic E-state index is 0.883. The lowest BCUT2D eigenvalue weighted by molar-refractivity contribution is 0.0410. The number of hydrogen-bond donors (Lipinski definition) is 0. The Morgan fingerprint density at radius 2 is 2.00 bits per heavy atom. The molecule has 0 aromatic rings. The summed E-state index contributed by atoms with van der Waals surface area (Å²) in [5, 5.41) is 0. The van der Waals surface area contributed by atoms with Crippen molar-refractivity contribution in [2.75, 3.05) is 50.1 Å². The van der Waals surface area contributed by atoms with E-state index in [1.54, 1.807) is 0 Å². The van der Waals surface area contributed by atoms with E-state index in [0.29, 0.717) is 0 Å². The Hall–Kier alpha value is 0.620. The third-order valence-electron chi connectivity index (χ3n) is 1.88. The Morgan fingerprint density at radius 1 is 1.25 bits per heavy atom. The van der Waals surface area contributed by atoms with E-state index in [2.05, 4.69) is 4.90 Å². The van der Waals surface area contributed by atoms with Crippen molar-refractivity contribution in [2.24, 2.45) is 0 Å². The fourth-order valence-corrected chi connectivity index (χ4v) is 2.24. The molecule has 0 aromatic heterocycles. The molecule has 4 heteroatoms. The molecule has 0 spiro atoms. The molecule has 0 amide bonds. The van der Waals surface area contributed by atoms with Crippen molar-refractivity contribution in [1.29, 1.82) is 0 Å². The van der Waals surface area contributed by atoms with Crippen LogP contribution in [-0.4, -0.2) is 55.0 Å². The molecule has 0 N–H and O–H groups in total. The summed E-state index contributed by atoms with van der Waals surface area (Å²) in [5.41, 5.74) is 0. The summed E-state index contributed by atoms with van der Waals surface area (Å²) in [6.45, 7) is 5.23. The molecule has 1 heterocycles. The highest BCUT2D eigenvalue weighted by Crippen LogP contribution is 2.03. The number of hydrogen-bond acceptors (Lipinski definition) is 3. The van der Waals surface area contributed by atoms with Gasteiger partial charge in [0.05, 0.1) is 13.2 Å². The minimum atomic E-state index is 0.883. The van der Waals surface area contributed by atoms with Crippen LogP contribution in [0.5, 0.6) is 0 Å². The first kappa shape index (κ1) is 10.7. The average Bonchev–Trinajstić information content (AvgIpc) is 2.14. The van der Waals surface area contributed by atoms with Crippen LogP contribution in [0.15, 0.2) is 0 Å². The van der Waals surface area contributed by atoms with Crippen LogP contribution in [0.3, 0.4) is 0 Å². The lowest BCUT2D eigenvalue weighted by Crippen LogP contribution is -2.37. The van der Waals surface area contributed by atoms with Crippen molar-refractivity contribution < 1.29 is 4.74 Å². The van der Waals surface area contributed by atoms with Gasteiger partial charge in [-0.3, -0.25) is 4.90 Å². The van der Waals surface area contributed by atoms with E-state index in [-0.39, 0.29) is 0 Å². The minimum Gasteiger partial charge on any atom is -0.379 e. The second kappa shape index (κ2) is 7.06. The van der Waals surface area contributed by atoms with Gasteiger partial charge in [-0.15, -0.1) is 0 Å². The molecular weight excluding hydrogens is 190 g/mol. The van der Waals surface area contributed by atoms with Crippen LogP contribution in [0.4, 0.5) is 0 Å². The van der Waals surface area contributed by atoms with Gasteiger partial charge in [0.15, 0.2) is 0 Å². The Labute approximate surface area is 84.4 Å². The third-order valence-corrected chi connectivity index (χ3v) is 3.31. The highest BCUT2D eigenvalue weighted by atomic mass is 32.2. The van der Waals surface area contributed by atoms with Gasteiger partial charge in [-0.2, -0.15) is 11.8 Å². The standard InChI is InChI=1S/C8H16NOS2/c11-6-8-12-7-3-9-1-4-10-5-2-9/h1-8H2. The van der Waals surface area contributed by atoms with Crippen LogP contribution < -0.4 is 0 Å². The maximum atomic E-state index is 5.26. The van der Waals surface area contributed by atoms with Gasteiger partial charge < -0.3 is 4.74 Å². The molecule has 0 aromatic carbocycles. The van der Waals surface area contributed by atoms with E-state index in [4.69, 9.17) is 17.4 Å². The average molecular weight is 206 g/mol. The van der Waals surface area contributed by atoms with Crippen molar-refractivity contribution in [1.82, 2.24) is 4.90 Å². The largest absolute Gasteiger partial charge is 0.379 e. The molecule has 1 saturated heterocycles. The fraction of sp³-hybridized carbons (Fsp3) is 1.00. The molecule has 1 aliphatic rings. The number of rotatable bonds is 5. The Bertz CT molecular complexity index is 107. The second-order valence-electron chi connectivity index (χ2n) is 2.77. The predicted molar refractivity (Wildman–Crippen MR) is 57.0 cm³/mol. The zero-order valence-corrected chi connectivity index (χ0v) is 8.96. The van der Waals surface area contributed by atoms with E-state index in [9.17, 15) is 0 Å². The monoisotopic (exact) mass is 206 g/mol. The molecule has 1 radical (unpaired) electrons. The van der Waals surface area contributed by atoms with Crippen molar-refractivity contribution in [2.45, 2.75) is 0 Å². The van der Waals surface area contributed by atoms with Crippen LogP contribution >= 0.6 is 24.4 Å². The quantitative estimate of drug-likeness (QED) is 0.628. The first-order valence-electron chi connectivity index (χ1n) is 4.39. The smallest absolute Gasteiger partial charge is 0.0594 e. The first-order chi connectivity index (χ1) is 5.93. The summed E-state index contributed by atoms with van der Waals surface area (Å²) >= 11 is 6.83. The summed E-state index contributed by atoms with van der Waals surface area (Å²) in [7, 11) is 0. The highest BCUT2D eigenvalue weighted by molar-refractivity contribution is 8.00. The Balaban J connectivity index is 1.91. The van der Waals surface area contributed by atoms with Crippen molar-refractivity contribution in [3.63, 3.8) is 0 Å². The molecule has 0 saturated carbocycles. The number of nitrogens with zero attached hydrogens (tertiary/aromatic N) is 1. The maximum Gasteiger partial charge on any atom is 0.0594 e. The molecule has 12 heavy (non-hydrogen) atoms. The Kier molecular flexibility index (Phi) is 6.30. The SMILES string of the molecule is [S]CCSCCN1CCOCC1. The third kappa shape index (κ3) is 4.60. The topological polar surface area (TPSA) is 12.5 Å². The zero-order valence-electron chi connectivity index (χ0n) is 7.33. The molecule has 0 aliphatic carbocycles. The Morgan fingerprint density at radius 3 is 2.67 bits per heavy atom. The van der Waals surface area contributed by atoms with Gasteiger partial charge in [0, 0.05) is 36.9 Å². The zero-order chi connectivity index (χ0) is 8.65. The van der Waals surface area contributed by atoms with Gasteiger partial charge in [-0.05, 0) is 0 Å². The van der Waals surface area contributed by atoms with Crippen molar-refractivity contribution >= 4 is 24.4 Å². The van der Waals surface area contributed by atoms with Crippen LogP contribution in [0.25, 0.3) is 0 Å². The summed E-state index contributed by atoms with van der Waals surface area (Å²) in [6, 6.07) is 0. The van der Waals surface area contributed by atoms with E-state index < -0.39 is 0 Å². The van der Waals surface area contributed by atoms with Crippen LogP contribution in [0, 0.1) is 0 Å². The molecule has 0 bridgehead atoms. The first-order valence-corrected chi connectivity index (χ1v) is 6.12. The van der Waals surface area contributed by atoms with Gasteiger partial charge >= 0.3 is 0 Å². The van der Waals surface area contributed by atoms with Crippen LogP contribution in [0.2, 0.25) is 0 Å². The van der Waals surface area contributed by atoms with Crippen LogP contribution in [-0.2, 0) is 4.74 Å². The van der Waals surface area contributed by atoms with Crippen molar-refractivity contribution in [3.05, 3.63) is 0 Å². The molecule has 0 atom stereocenters. The van der Waals surface area contributed by atoms with Gasteiger partial charge in [-0.1, -0.05) is 12.6 Å². The molecule has 0 unspecified atom stereocenters. The molecule has 2 nitrogen and oxygen atoms in total. The predicted octanol–water partition coefficient (Wildman–Crippen LogP) is 1.25. The summed E-state index contributed by atoms with van der Waals surface area (Å²) < 4.78 is 5.26. The fourth-order valence-electron chi connectivity index (χ4n) is 1.18. The van der Waals surface area contributed by atoms with Crippen LogP contribution in [0.1, 0.15) is 0 Å². The normalized spacial score (nSPS) is 19.8. The maximum absolute atomic E-state index is 5.26. The summed E-state index contributed by atoms with van der Waals surface area (Å²) in [6.07, 6.45) is 0. The van der Waals surface area contributed by atoms with Gasteiger partial charge in [0.1, 0.15) is 0 Å². The molecule has 71 valence electrons. The van der Waals surface area contributed by atoms with Gasteiger partial charge in [-0.25, -0.2) is 0 Å². The molecule has 1 aliphatic heterocycles. The lowest BCUT2D eigenvalue weighted by Gasteiger charge is -2.26. The lowest BCUT2D eigenvalue weighted by atomic mass is 10.4. The summed E-state index contributed by atoms with van der Waals surface area (Å²) in [4.78, 5) is 2.46. The highest BCUT2D eigenvalue weighted by Gasteiger charge is 2.08. The second-order valence-corrected chi connectivity index (χ2v) is 4.40. The molecule has 1 rings (SSSR count). The summed E-state index contributed by atoms with van der Waals surface area (Å²) in [5.74, 6) is 3.23. The molecule has 1 fully saturated rings. The van der Waals surface area contributed by atoms with Gasteiger partial charge in [0.2, 0.25) is 0 Å². The number of morpholine rings is 1. The van der Waals surface area contributed by atoms with E-state index >= 15 is 0 Å². The number of thioether (sulfide) groups is 1. The number of ether oxygens (including phenoxy) is 1.